The van der Waals surface area contributed by atoms with E-state index in [0.29, 0.717) is 31.7 Å². The number of anilines is 2. The van der Waals surface area contributed by atoms with Crippen molar-refractivity contribution in [3.05, 3.63) is 48.0 Å². The van der Waals surface area contributed by atoms with Crippen molar-refractivity contribution in [3.8, 4) is 0 Å². The summed E-state index contributed by atoms with van der Waals surface area (Å²) in [5.74, 6) is 0.265. The summed E-state index contributed by atoms with van der Waals surface area (Å²) in [5.41, 5.74) is 3.05. The molecule has 2 heterocycles. The summed E-state index contributed by atoms with van der Waals surface area (Å²) in [6.07, 6.45) is 5.14. The molecule has 0 aliphatic carbocycles. The van der Waals surface area contributed by atoms with Gasteiger partial charge < -0.3 is 10.6 Å². The van der Waals surface area contributed by atoms with Gasteiger partial charge in [0.15, 0.2) is 0 Å². The number of fused-ring (bicyclic) bond motifs is 3. The molecule has 2 N–H and O–H groups in total. The van der Waals surface area contributed by atoms with Crippen molar-refractivity contribution in [1.29, 1.82) is 0 Å². The van der Waals surface area contributed by atoms with E-state index < -0.39 is 0 Å². The van der Waals surface area contributed by atoms with Gasteiger partial charge in [0.2, 0.25) is 5.91 Å². The largest absolute Gasteiger partial charge is 0.384 e. The zero-order valence-electron chi connectivity index (χ0n) is 16.6. The Hall–Kier alpha value is -2.86. The Morgan fingerprint density at radius 1 is 1.10 bits per heavy atom. The number of imide groups is 1. The average molecular weight is 426 g/mol. The van der Waals surface area contributed by atoms with Crippen LogP contribution in [-0.2, 0) is 14.4 Å². The normalized spacial score (nSPS) is 17.5. The van der Waals surface area contributed by atoms with Gasteiger partial charge in [-0.1, -0.05) is 30.7 Å². The number of alkyl halides is 1. The molecule has 2 aromatic carbocycles. The van der Waals surface area contributed by atoms with E-state index in [1.165, 1.54) is 22.6 Å². The van der Waals surface area contributed by atoms with Crippen LogP contribution in [-0.4, -0.2) is 41.6 Å². The molecule has 0 aromatic heterocycles. The number of hydrogen-bond acceptors (Lipinski definition) is 4. The Labute approximate surface area is 180 Å². The van der Waals surface area contributed by atoms with E-state index in [-0.39, 0.29) is 23.6 Å². The average Bonchev–Trinajstić information content (AvgIpc) is 3.31. The molecule has 0 fully saturated rings. The van der Waals surface area contributed by atoms with Crippen LogP contribution < -0.4 is 10.6 Å². The van der Waals surface area contributed by atoms with Crippen molar-refractivity contribution in [2.24, 2.45) is 0 Å². The number of unbranched alkanes of at least 4 members (excludes halogenated alkanes) is 2. The Balaban J connectivity index is 1.34. The van der Waals surface area contributed by atoms with Gasteiger partial charge >= 0.3 is 0 Å². The molecule has 30 heavy (non-hydrogen) atoms. The van der Waals surface area contributed by atoms with Crippen LogP contribution in [0.5, 0.6) is 0 Å². The van der Waals surface area contributed by atoms with Gasteiger partial charge in [0, 0.05) is 54.5 Å². The third kappa shape index (κ3) is 4.05. The lowest BCUT2D eigenvalue weighted by molar-refractivity contribution is -0.136. The minimum absolute atomic E-state index is 0.0398. The Kier molecular flexibility index (Phi) is 6.04. The van der Waals surface area contributed by atoms with Gasteiger partial charge in [-0.05, 0) is 29.9 Å². The van der Waals surface area contributed by atoms with Crippen LogP contribution in [0.3, 0.4) is 0 Å². The molecule has 6 nitrogen and oxygen atoms in total. The predicted octanol–water partition coefficient (Wildman–Crippen LogP) is 4.01. The molecular weight excluding hydrogens is 402 g/mol. The number of halogens is 1. The Morgan fingerprint density at radius 2 is 1.83 bits per heavy atom. The van der Waals surface area contributed by atoms with Crippen LogP contribution in [0.2, 0.25) is 0 Å². The topological polar surface area (TPSA) is 78.5 Å². The van der Waals surface area contributed by atoms with Gasteiger partial charge in [0.05, 0.1) is 5.69 Å². The summed E-state index contributed by atoms with van der Waals surface area (Å²) in [4.78, 5) is 36.8. The van der Waals surface area contributed by atoms with E-state index >= 15 is 0 Å². The molecular formula is C23H24ClN3O3. The first kappa shape index (κ1) is 20.4. The Morgan fingerprint density at radius 3 is 2.57 bits per heavy atom. The molecule has 2 aliphatic heterocycles. The van der Waals surface area contributed by atoms with Crippen molar-refractivity contribution >= 4 is 51.5 Å². The van der Waals surface area contributed by atoms with Crippen molar-refractivity contribution < 1.29 is 14.4 Å². The molecule has 3 amide bonds. The maximum atomic E-state index is 12.5. The van der Waals surface area contributed by atoms with Crippen molar-refractivity contribution in [2.45, 2.75) is 31.6 Å². The monoisotopic (exact) mass is 425 g/mol. The lowest BCUT2D eigenvalue weighted by Crippen LogP contribution is -2.30. The molecule has 1 unspecified atom stereocenters. The van der Waals surface area contributed by atoms with Crippen molar-refractivity contribution in [3.63, 3.8) is 0 Å². The highest BCUT2D eigenvalue weighted by Crippen LogP contribution is 2.41. The highest BCUT2D eigenvalue weighted by molar-refractivity contribution is 6.19. The maximum Gasteiger partial charge on any atom is 0.253 e. The van der Waals surface area contributed by atoms with Gasteiger partial charge in [-0.25, -0.2) is 0 Å². The fourth-order valence-corrected chi connectivity index (χ4v) is 4.41. The first-order valence-electron chi connectivity index (χ1n) is 10.3. The molecule has 0 saturated heterocycles. The van der Waals surface area contributed by atoms with Gasteiger partial charge in [0.1, 0.15) is 0 Å². The number of nitrogens with one attached hydrogen (secondary N) is 2. The minimum atomic E-state index is -0.258. The first-order valence-corrected chi connectivity index (χ1v) is 10.8. The number of carbonyl (C=O) groups is 3. The van der Waals surface area contributed by atoms with Crippen LogP contribution in [0.4, 0.5) is 11.4 Å². The number of amides is 3. The van der Waals surface area contributed by atoms with E-state index in [2.05, 4.69) is 16.7 Å². The molecule has 2 aromatic rings. The van der Waals surface area contributed by atoms with Crippen LogP contribution in [0.15, 0.2) is 42.5 Å². The zero-order valence-corrected chi connectivity index (χ0v) is 17.4. The van der Waals surface area contributed by atoms with Crippen LogP contribution in [0, 0.1) is 0 Å². The third-order valence-corrected chi connectivity index (χ3v) is 6.05. The second-order valence-corrected chi connectivity index (χ2v) is 7.99. The molecule has 0 bridgehead atoms. The summed E-state index contributed by atoms with van der Waals surface area (Å²) in [5, 5.41) is 8.59. The van der Waals surface area contributed by atoms with Crippen molar-refractivity contribution in [1.82, 2.24) is 4.90 Å². The van der Waals surface area contributed by atoms with Crippen LogP contribution in [0.25, 0.3) is 10.8 Å². The molecule has 156 valence electrons. The smallest absolute Gasteiger partial charge is 0.253 e. The van der Waals surface area contributed by atoms with Crippen LogP contribution >= 0.6 is 11.6 Å². The molecule has 0 spiro atoms. The first-order chi connectivity index (χ1) is 14.6. The van der Waals surface area contributed by atoms with Gasteiger partial charge in [0.25, 0.3) is 11.8 Å². The Bertz CT molecular complexity index is 1020. The fourth-order valence-electron chi connectivity index (χ4n) is 4.15. The standard InChI is InChI=1S/C23H24ClN3O3/c24-13-15-14-25-19-12-18(16-6-3-4-7-17(16)23(15)19)26-20(28)8-2-1-5-11-27-21(29)9-10-22(27)30/h3-4,6-7,9-10,12,15,25H,1-2,5,8,11,13-14H2,(H,26,28). The highest BCUT2D eigenvalue weighted by Gasteiger charge is 2.25. The second kappa shape index (κ2) is 8.88. The van der Waals surface area contributed by atoms with Gasteiger partial charge in [-0.2, -0.15) is 0 Å². The summed E-state index contributed by atoms with van der Waals surface area (Å²) < 4.78 is 0. The lowest BCUT2D eigenvalue weighted by Gasteiger charge is -2.15. The van der Waals surface area contributed by atoms with Gasteiger partial charge in [-0.3, -0.25) is 19.3 Å². The molecule has 7 heteroatoms. The second-order valence-electron chi connectivity index (χ2n) is 7.68. The molecule has 2 aliphatic rings. The fraction of sp³-hybridized carbons (Fsp3) is 0.348. The van der Waals surface area contributed by atoms with E-state index in [0.717, 1.165) is 35.1 Å². The predicted molar refractivity (Wildman–Crippen MR) is 119 cm³/mol. The lowest BCUT2D eigenvalue weighted by atomic mass is 9.95. The summed E-state index contributed by atoms with van der Waals surface area (Å²) >= 11 is 6.15. The third-order valence-electron chi connectivity index (χ3n) is 5.68. The van der Waals surface area contributed by atoms with Crippen molar-refractivity contribution in [2.75, 3.05) is 29.6 Å². The van der Waals surface area contributed by atoms with Gasteiger partial charge in [-0.15, -0.1) is 11.6 Å². The summed E-state index contributed by atoms with van der Waals surface area (Å²) in [6, 6.07) is 10.1. The summed E-state index contributed by atoms with van der Waals surface area (Å²) in [7, 11) is 0. The number of hydrogen-bond donors (Lipinski definition) is 2. The SMILES string of the molecule is O=C(CCCCCN1C(=O)C=CC1=O)Nc1cc2c(c3ccccc13)C(CCl)CN2. The number of nitrogens with zero attached hydrogens (tertiary/aromatic N) is 1. The maximum absolute atomic E-state index is 12.5. The molecule has 0 saturated carbocycles. The van der Waals surface area contributed by atoms with E-state index in [1.54, 1.807) is 0 Å². The minimum Gasteiger partial charge on any atom is -0.384 e. The number of benzene rings is 2. The number of carbonyl (C=O) groups excluding carboxylic acids is 3. The zero-order chi connectivity index (χ0) is 21.1. The highest BCUT2D eigenvalue weighted by atomic mass is 35.5. The summed E-state index contributed by atoms with van der Waals surface area (Å²) in [6.45, 7) is 1.20. The molecule has 0 radical (unpaired) electrons. The quantitative estimate of drug-likeness (QED) is 0.380. The van der Waals surface area contributed by atoms with E-state index in [9.17, 15) is 14.4 Å². The van der Waals surface area contributed by atoms with E-state index in [4.69, 9.17) is 11.6 Å². The molecule has 1 atom stereocenters. The number of rotatable bonds is 8. The van der Waals surface area contributed by atoms with E-state index in [1.807, 2.05) is 24.3 Å². The molecule has 4 rings (SSSR count). The van der Waals surface area contributed by atoms with Crippen LogP contribution in [0.1, 0.15) is 37.2 Å².